The minimum atomic E-state index is -0.882. The second-order valence-electron chi connectivity index (χ2n) is 4.23. The Kier molecular flexibility index (Phi) is 4.29. The standard InChI is InChI=1S/C13H15N3O3S/c1-8-4-5-10(19-3)9(6-8)12-14-13(16(2)15-12)20-7-11(17)18/h4-6H,7H2,1-3H3,(H,17,18). The molecule has 6 nitrogen and oxygen atoms in total. The van der Waals surface area contributed by atoms with Crippen LogP contribution in [0.15, 0.2) is 23.4 Å². The van der Waals surface area contributed by atoms with Crippen LogP contribution in [0.4, 0.5) is 0 Å². The Labute approximate surface area is 120 Å². The van der Waals surface area contributed by atoms with E-state index in [4.69, 9.17) is 9.84 Å². The number of aromatic nitrogens is 3. The van der Waals surface area contributed by atoms with Gasteiger partial charge in [0.2, 0.25) is 0 Å². The van der Waals surface area contributed by atoms with E-state index in [1.807, 2.05) is 25.1 Å². The number of carboxylic acid groups (broad SMARTS) is 1. The minimum Gasteiger partial charge on any atom is -0.496 e. The first-order chi connectivity index (χ1) is 9.51. The normalized spacial score (nSPS) is 10.6. The SMILES string of the molecule is COc1ccc(C)cc1-c1nc(SCC(=O)O)n(C)n1. The van der Waals surface area contributed by atoms with Crippen molar-refractivity contribution in [2.45, 2.75) is 12.1 Å². The van der Waals surface area contributed by atoms with Gasteiger partial charge in [-0.15, -0.1) is 0 Å². The van der Waals surface area contributed by atoms with Crippen molar-refractivity contribution >= 4 is 17.7 Å². The first kappa shape index (κ1) is 14.4. The van der Waals surface area contributed by atoms with Crippen LogP contribution in [0.2, 0.25) is 0 Å². The van der Waals surface area contributed by atoms with Gasteiger partial charge >= 0.3 is 5.97 Å². The van der Waals surface area contributed by atoms with Crippen molar-refractivity contribution in [1.82, 2.24) is 14.8 Å². The number of hydrogen-bond acceptors (Lipinski definition) is 5. The molecule has 1 aromatic carbocycles. The molecule has 0 bridgehead atoms. The molecule has 0 aliphatic heterocycles. The van der Waals surface area contributed by atoms with Crippen LogP contribution in [0.3, 0.4) is 0 Å². The fourth-order valence-electron chi connectivity index (χ4n) is 1.73. The molecule has 0 saturated heterocycles. The topological polar surface area (TPSA) is 77.2 Å². The summed E-state index contributed by atoms with van der Waals surface area (Å²) in [6, 6.07) is 5.76. The maximum atomic E-state index is 10.6. The first-order valence-corrected chi connectivity index (χ1v) is 6.90. The lowest BCUT2D eigenvalue weighted by molar-refractivity contribution is -0.133. The van der Waals surface area contributed by atoms with Crippen LogP contribution in [0, 0.1) is 6.92 Å². The monoisotopic (exact) mass is 293 g/mol. The zero-order chi connectivity index (χ0) is 14.7. The molecule has 0 amide bonds. The summed E-state index contributed by atoms with van der Waals surface area (Å²) in [6.07, 6.45) is 0. The highest BCUT2D eigenvalue weighted by Gasteiger charge is 2.15. The van der Waals surface area contributed by atoms with Crippen LogP contribution in [0.25, 0.3) is 11.4 Å². The molecule has 20 heavy (non-hydrogen) atoms. The maximum absolute atomic E-state index is 10.6. The van der Waals surface area contributed by atoms with Crippen molar-refractivity contribution in [2.75, 3.05) is 12.9 Å². The van der Waals surface area contributed by atoms with E-state index in [1.54, 1.807) is 18.8 Å². The van der Waals surface area contributed by atoms with E-state index in [0.29, 0.717) is 16.7 Å². The number of rotatable bonds is 5. The zero-order valence-electron chi connectivity index (χ0n) is 11.5. The number of methoxy groups -OCH3 is 1. The van der Waals surface area contributed by atoms with E-state index in [2.05, 4.69) is 10.1 Å². The molecule has 0 saturated carbocycles. The third-order valence-electron chi connectivity index (χ3n) is 2.64. The fraction of sp³-hybridized carbons (Fsp3) is 0.308. The average Bonchev–Trinajstić information content (AvgIpc) is 2.77. The van der Waals surface area contributed by atoms with Gasteiger partial charge in [0.25, 0.3) is 0 Å². The summed E-state index contributed by atoms with van der Waals surface area (Å²) >= 11 is 1.14. The predicted octanol–water partition coefficient (Wildman–Crippen LogP) is 1.98. The Balaban J connectivity index is 2.36. The number of carboxylic acids is 1. The fourth-order valence-corrected chi connectivity index (χ4v) is 2.36. The lowest BCUT2D eigenvalue weighted by Crippen LogP contribution is -2.00. The van der Waals surface area contributed by atoms with Gasteiger partial charge in [0, 0.05) is 7.05 Å². The highest BCUT2D eigenvalue weighted by molar-refractivity contribution is 7.99. The Morgan fingerprint density at radius 1 is 1.50 bits per heavy atom. The Bertz CT molecular complexity index is 640. The van der Waals surface area contributed by atoms with Gasteiger partial charge in [0.15, 0.2) is 11.0 Å². The molecular weight excluding hydrogens is 278 g/mol. The van der Waals surface area contributed by atoms with Crippen LogP contribution in [-0.2, 0) is 11.8 Å². The van der Waals surface area contributed by atoms with E-state index >= 15 is 0 Å². The molecule has 106 valence electrons. The number of aryl methyl sites for hydroxylation is 2. The summed E-state index contributed by atoms with van der Waals surface area (Å²) in [5.74, 6) is 0.293. The van der Waals surface area contributed by atoms with Gasteiger partial charge in [0.05, 0.1) is 18.4 Å². The first-order valence-electron chi connectivity index (χ1n) is 5.92. The van der Waals surface area contributed by atoms with Gasteiger partial charge in [-0.1, -0.05) is 23.4 Å². The predicted molar refractivity (Wildman–Crippen MR) is 76.1 cm³/mol. The molecule has 0 spiro atoms. The molecular formula is C13H15N3O3S. The third kappa shape index (κ3) is 3.11. The Hall–Kier alpha value is -2.02. The summed E-state index contributed by atoms with van der Waals surface area (Å²) in [6.45, 7) is 1.98. The van der Waals surface area contributed by atoms with Crippen molar-refractivity contribution in [1.29, 1.82) is 0 Å². The molecule has 0 atom stereocenters. The average molecular weight is 293 g/mol. The number of nitrogens with zero attached hydrogens (tertiary/aromatic N) is 3. The van der Waals surface area contributed by atoms with Crippen molar-refractivity contribution in [3.8, 4) is 17.1 Å². The molecule has 2 aromatic rings. The van der Waals surface area contributed by atoms with Crippen molar-refractivity contribution < 1.29 is 14.6 Å². The van der Waals surface area contributed by atoms with E-state index in [9.17, 15) is 4.79 Å². The van der Waals surface area contributed by atoms with Gasteiger partial charge < -0.3 is 9.84 Å². The number of hydrogen-bond donors (Lipinski definition) is 1. The molecule has 0 fully saturated rings. The van der Waals surface area contributed by atoms with Crippen LogP contribution in [0.1, 0.15) is 5.56 Å². The molecule has 2 rings (SSSR count). The van der Waals surface area contributed by atoms with E-state index in [1.165, 1.54) is 0 Å². The molecule has 1 heterocycles. The summed E-state index contributed by atoms with van der Waals surface area (Å²) in [5.41, 5.74) is 1.87. The molecule has 0 unspecified atom stereocenters. The number of aliphatic carboxylic acids is 1. The summed E-state index contributed by atoms with van der Waals surface area (Å²) < 4.78 is 6.89. The van der Waals surface area contributed by atoms with Crippen LogP contribution >= 0.6 is 11.8 Å². The lowest BCUT2D eigenvalue weighted by Gasteiger charge is -2.05. The molecule has 1 aromatic heterocycles. The lowest BCUT2D eigenvalue weighted by atomic mass is 10.1. The number of benzene rings is 1. The molecule has 0 aliphatic rings. The largest absolute Gasteiger partial charge is 0.496 e. The Morgan fingerprint density at radius 2 is 2.25 bits per heavy atom. The van der Waals surface area contributed by atoms with Crippen molar-refractivity contribution in [3.63, 3.8) is 0 Å². The third-order valence-corrected chi connectivity index (χ3v) is 3.65. The summed E-state index contributed by atoms with van der Waals surface area (Å²) in [7, 11) is 3.33. The summed E-state index contributed by atoms with van der Waals surface area (Å²) in [4.78, 5) is 15.0. The highest BCUT2D eigenvalue weighted by atomic mass is 32.2. The molecule has 1 N–H and O–H groups in total. The Morgan fingerprint density at radius 3 is 2.90 bits per heavy atom. The second-order valence-corrected chi connectivity index (χ2v) is 5.17. The zero-order valence-corrected chi connectivity index (χ0v) is 12.3. The van der Waals surface area contributed by atoms with E-state index in [0.717, 1.165) is 22.9 Å². The van der Waals surface area contributed by atoms with Crippen LogP contribution < -0.4 is 4.74 Å². The van der Waals surface area contributed by atoms with E-state index < -0.39 is 5.97 Å². The van der Waals surface area contributed by atoms with E-state index in [-0.39, 0.29) is 5.75 Å². The maximum Gasteiger partial charge on any atom is 0.313 e. The van der Waals surface area contributed by atoms with Gasteiger partial charge in [-0.2, -0.15) is 5.10 Å². The quantitative estimate of drug-likeness (QED) is 0.849. The van der Waals surface area contributed by atoms with Crippen LogP contribution in [0.5, 0.6) is 5.75 Å². The number of thioether (sulfide) groups is 1. The molecule has 0 aliphatic carbocycles. The minimum absolute atomic E-state index is 0.0447. The second kappa shape index (κ2) is 5.96. The van der Waals surface area contributed by atoms with Crippen LogP contribution in [-0.4, -0.2) is 38.7 Å². The van der Waals surface area contributed by atoms with Gasteiger partial charge in [-0.05, 0) is 19.1 Å². The van der Waals surface area contributed by atoms with Crippen molar-refractivity contribution in [2.24, 2.45) is 7.05 Å². The number of ether oxygens (including phenoxy) is 1. The summed E-state index contributed by atoms with van der Waals surface area (Å²) in [5, 5.41) is 13.6. The van der Waals surface area contributed by atoms with Crippen molar-refractivity contribution in [3.05, 3.63) is 23.8 Å². The molecule has 0 radical (unpaired) electrons. The number of carbonyl (C=O) groups is 1. The highest BCUT2D eigenvalue weighted by Crippen LogP contribution is 2.30. The van der Waals surface area contributed by atoms with Gasteiger partial charge in [-0.3, -0.25) is 4.79 Å². The smallest absolute Gasteiger partial charge is 0.313 e. The molecule has 7 heteroatoms. The van der Waals surface area contributed by atoms with Gasteiger partial charge in [-0.25, -0.2) is 9.67 Å². The van der Waals surface area contributed by atoms with Gasteiger partial charge in [0.1, 0.15) is 5.75 Å².